The predicted octanol–water partition coefficient (Wildman–Crippen LogP) is 2.49. The highest BCUT2D eigenvalue weighted by Crippen LogP contribution is 2.27. The minimum Gasteiger partial charge on any atom is -0.493 e. The predicted molar refractivity (Wildman–Crippen MR) is 124 cm³/mol. The summed E-state index contributed by atoms with van der Waals surface area (Å²) in [6.45, 7) is 3.50. The van der Waals surface area contributed by atoms with Gasteiger partial charge in [-0.3, -0.25) is 9.79 Å². The summed E-state index contributed by atoms with van der Waals surface area (Å²) >= 11 is 0. The lowest BCUT2D eigenvalue weighted by atomic mass is 10.1. The first kappa shape index (κ1) is 24.6. The first-order chi connectivity index (χ1) is 13.5. The fourth-order valence-electron chi connectivity index (χ4n) is 2.59. The lowest BCUT2D eigenvalue weighted by Gasteiger charge is -2.10. The fourth-order valence-corrected chi connectivity index (χ4v) is 2.59. The minimum atomic E-state index is -0.215. The number of aliphatic imine (C=N–C) groups is 1. The molecule has 0 spiro atoms. The standard InChI is InChI=1S/C20H28N4O4.HI/c1-14-8-12-28-18(14)19(25)22-9-4-10-23-20(21)24-11-7-15-5-6-16(26-2)17(13-15)27-3;/h5-6,8,12-13H,4,7,9-11H2,1-3H3,(H,22,25)(H3,21,23,24);1H. The number of methoxy groups -OCH3 is 2. The van der Waals surface area contributed by atoms with Crippen molar-refractivity contribution < 1.29 is 18.7 Å². The van der Waals surface area contributed by atoms with Crippen LogP contribution in [0.5, 0.6) is 11.5 Å². The number of carbonyl (C=O) groups is 1. The molecule has 0 aliphatic rings. The van der Waals surface area contributed by atoms with Crippen molar-refractivity contribution in [1.29, 1.82) is 0 Å². The first-order valence-electron chi connectivity index (χ1n) is 9.12. The molecule has 2 rings (SSSR count). The third-order valence-electron chi connectivity index (χ3n) is 4.14. The SMILES string of the molecule is COc1ccc(CCNC(N)=NCCCNC(=O)c2occc2C)cc1OC.I. The van der Waals surface area contributed by atoms with Gasteiger partial charge in [-0.05, 0) is 43.5 Å². The highest BCUT2D eigenvalue weighted by atomic mass is 127. The van der Waals surface area contributed by atoms with Crippen LogP contribution in [-0.4, -0.2) is 45.7 Å². The van der Waals surface area contributed by atoms with Crippen LogP contribution in [0.2, 0.25) is 0 Å². The van der Waals surface area contributed by atoms with Crippen molar-refractivity contribution in [2.24, 2.45) is 10.7 Å². The van der Waals surface area contributed by atoms with Crippen LogP contribution in [0.25, 0.3) is 0 Å². The zero-order valence-electron chi connectivity index (χ0n) is 17.0. The summed E-state index contributed by atoms with van der Waals surface area (Å²) in [5.41, 5.74) is 7.79. The minimum absolute atomic E-state index is 0. The lowest BCUT2D eigenvalue weighted by molar-refractivity contribution is 0.0925. The summed E-state index contributed by atoms with van der Waals surface area (Å²) in [5.74, 6) is 1.92. The van der Waals surface area contributed by atoms with Gasteiger partial charge in [0.15, 0.2) is 23.2 Å². The fraction of sp³-hybridized carbons (Fsp3) is 0.400. The normalized spacial score (nSPS) is 10.8. The molecule has 29 heavy (non-hydrogen) atoms. The molecule has 4 N–H and O–H groups in total. The second-order valence-corrected chi connectivity index (χ2v) is 6.18. The molecule has 1 heterocycles. The molecule has 0 saturated carbocycles. The number of aryl methyl sites for hydroxylation is 1. The van der Waals surface area contributed by atoms with Gasteiger partial charge in [-0.15, -0.1) is 24.0 Å². The van der Waals surface area contributed by atoms with Gasteiger partial charge in [0.05, 0.1) is 20.5 Å². The Kier molecular flexibility index (Phi) is 11.0. The van der Waals surface area contributed by atoms with Gasteiger partial charge in [-0.2, -0.15) is 0 Å². The van der Waals surface area contributed by atoms with Crippen LogP contribution in [-0.2, 0) is 6.42 Å². The van der Waals surface area contributed by atoms with Crippen LogP contribution in [0.3, 0.4) is 0 Å². The number of amides is 1. The van der Waals surface area contributed by atoms with Gasteiger partial charge in [0.2, 0.25) is 0 Å². The van der Waals surface area contributed by atoms with E-state index < -0.39 is 0 Å². The molecule has 0 aliphatic carbocycles. The molecule has 0 radical (unpaired) electrons. The van der Waals surface area contributed by atoms with Gasteiger partial charge in [-0.25, -0.2) is 0 Å². The maximum atomic E-state index is 11.9. The molecule has 1 aromatic carbocycles. The van der Waals surface area contributed by atoms with Crippen molar-refractivity contribution in [3.63, 3.8) is 0 Å². The van der Waals surface area contributed by atoms with E-state index in [1.807, 2.05) is 25.1 Å². The average Bonchev–Trinajstić information content (AvgIpc) is 3.13. The lowest BCUT2D eigenvalue weighted by Crippen LogP contribution is -2.33. The van der Waals surface area contributed by atoms with Crippen molar-refractivity contribution in [1.82, 2.24) is 10.6 Å². The number of hydrogen-bond donors (Lipinski definition) is 3. The number of nitrogens with zero attached hydrogens (tertiary/aromatic N) is 1. The Morgan fingerprint density at radius 1 is 1.14 bits per heavy atom. The van der Waals surface area contributed by atoms with Crippen LogP contribution in [0.4, 0.5) is 0 Å². The molecule has 160 valence electrons. The summed E-state index contributed by atoms with van der Waals surface area (Å²) in [5, 5.41) is 5.88. The second kappa shape index (κ2) is 12.9. The summed E-state index contributed by atoms with van der Waals surface area (Å²) in [7, 11) is 3.22. The topological polar surface area (TPSA) is 111 Å². The molecule has 0 unspecified atom stereocenters. The van der Waals surface area contributed by atoms with E-state index >= 15 is 0 Å². The molecular weight excluding hydrogens is 487 g/mol. The van der Waals surface area contributed by atoms with E-state index in [-0.39, 0.29) is 29.9 Å². The maximum absolute atomic E-state index is 11.9. The van der Waals surface area contributed by atoms with Crippen molar-refractivity contribution in [3.05, 3.63) is 47.4 Å². The highest BCUT2D eigenvalue weighted by Gasteiger charge is 2.11. The molecule has 0 saturated heterocycles. The first-order valence-corrected chi connectivity index (χ1v) is 9.12. The Hall–Kier alpha value is -2.43. The second-order valence-electron chi connectivity index (χ2n) is 6.18. The van der Waals surface area contributed by atoms with Gasteiger partial charge in [0.1, 0.15) is 0 Å². The van der Waals surface area contributed by atoms with E-state index in [4.69, 9.17) is 19.6 Å². The molecule has 0 atom stereocenters. The Morgan fingerprint density at radius 2 is 1.90 bits per heavy atom. The number of guanidine groups is 1. The molecular formula is C20H29IN4O4. The summed E-state index contributed by atoms with van der Waals surface area (Å²) in [4.78, 5) is 16.1. The highest BCUT2D eigenvalue weighted by molar-refractivity contribution is 14.0. The zero-order valence-corrected chi connectivity index (χ0v) is 19.3. The number of nitrogens with one attached hydrogen (secondary N) is 2. The van der Waals surface area contributed by atoms with Gasteiger partial charge in [0, 0.05) is 25.2 Å². The summed E-state index contributed by atoms with van der Waals surface area (Å²) < 4.78 is 15.7. The number of hydrogen-bond acceptors (Lipinski definition) is 5. The number of nitrogens with two attached hydrogens (primary N) is 1. The van der Waals surface area contributed by atoms with Gasteiger partial charge < -0.3 is 30.3 Å². The van der Waals surface area contributed by atoms with Crippen LogP contribution in [0, 0.1) is 6.92 Å². The number of halogens is 1. The number of furan rings is 1. The quantitative estimate of drug-likeness (QED) is 0.194. The smallest absolute Gasteiger partial charge is 0.287 e. The molecule has 0 aliphatic heterocycles. The van der Waals surface area contributed by atoms with Gasteiger partial charge >= 0.3 is 0 Å². The van der Waals surface area contributed by atoms with Crippen molar-refractivity contribution in [2.45, 2.75) is 19.8 Å². The van der Waals surface area contributed by atoms with E-state index in [2.05, 4.69) is 15.6 Å². The molecule has 0 fully saturated rings. The number of benzene rings is 1. The Morgan fingerprint density at radius 3 is 2.55 bits per heavy atom. The number of carbonyl (C=O) groups excluding carboxylic acids is 1. The largest absolute Gasteiger partial charge is 0.493 e. The molecule has 9 heteroatoms. The summed E-state index contributed by atoms with van der Waals surface area (Å²) in [6, 6.07) is 7.56. The van der Waals surface area contributed by atoms with E-state index in [0.717, 1.165) is 17.5 Å². The Labute approximate surface area is 188 Å². The van der Waals surface area contributed by atoms with Crippen LogP contribution >= 0.6 is 24.0 Å². The van der Waals surface area contributed by atoms with Crippen LogP contribution in [0.15, 0.2) is 39.9 Å². The average molecular weight is 516 g/mol. The maximum Gasteiger partial charge on any atom is 0.287 e. The van der Waals surface area contributed by atoms with Gasteiger partial charge in [-0.1, -0.05) is 6.07 Å². The monoisotopic (exact) mass is 516 g/mol. The van der Waals surface area contributed by atoms with E-state index in [9.17, 15) is 4.79 Å². The van der Waals surface area contributed by atoms with Gasteiger partial charge in [0.25, 0.3) is 5.91 Å². The zero-order chi connectivity index (χ0) is 20.4. The molecule has 8 nitrogen and oxygen atoms in total. The van der Waals surface area contributed by atoms with E-state index in [1.54, 1.807) is 20.3 Å². The van der Waals surface area contributed by atoms with E-state index in [1.165, 1.54) is 6.26 Å². The number of rotatable bonds is 10. The molecule has 0 bridgehead atoms. The molecule has 1 aromatic heterocycles. The van der Waals surface area contributed by atoms with E-state index in [0.29, 0.717) is 49.3 Å². The van der Waals surface area contributed by atoms with Crippen molar-refractivity contribution in [2.75, 3.05) is 33.9 Å². The van der Waals surface area contributed by atoms with Crippen molar-refractivity contribution >= 4 is 35.8 Å². The third kappa shape index (κ3) is 7.84. The van der Waals surface area contributed by atoms with Crippen LogP contribution < -0.4 is 25.8 Å². The summed E-state index contributed by atoms with van der Waals surface area (Å²) in [6.07, 6.45) is 2.96. The molecule has 1 amide bonds. The number of ether oxygens (including phenoxy) is 2. The Bertz CT molecular complexity index is 808. The molecule has 2 aromatic rings. The Balaban J connectivity index is 0.00000420. The third-order valence-corrected chi connectivity index (χ3v) is 4.14. The van der Waals surface area contributed by atoms with Crippen molar-refractivity contribution in [3.8, 4) is 11.5 Å². The van der Waals surface area contributed by atoms with Crippen LogP contribution in [0.1, 0.15) is 28.1 Å².